The van der Waals surface area contributed by atoms with Gasteiger partial charge in [-0.15, -0.1) is 0 Å². The van der Waals surface area contributed by atoms with Crippen LogP contribution in [0.5, 0.6) is 0 Å². The zero-order valence-corrected chi connectivity index (χ0v) is 56.5. The molecule has 0 aromatic heterocycles. The minimum Gasteiger partial charge on any atom is -0.462 e. The van der Waals surface area contributed by atoms with Crippen LogP contribution in [0.3, 0.4) is 0 Å². The number of allylic oxidation sites excluding steroid dienone is 4. The van der Waals surface area contributed by atoms with Crippen molar-refractivity contribution in [2.75, 3.05) is 13.2 Å². The van der Waals surface area contributed by atoms with Crippen molar-refractivity contribution in [1.29, 1.82) is 0 Å². The lowest BCUT2D eigenvalue weighted by Crippen LogP contribution is -2.30. The van der Waals surface area contributed by atoms with Crippen LogP contribution in [0.4, 0.5) is 0 Å². The summed E-state index contributed by atoms with van der Waals surface area (Å²) in [6.07, 6.45) is 89.5. The maximum atomic E-state index is 13.0. The second-order valence-electron chi connectivity index (χ2n) is 25.9. The van der Waals surface area contributed by atoms with E-state index >= 15 is 0 Å². The summed E-state index contributed by atoms with van der Waals surface area (Å²) in [5, 5.41) is 0. The molecular weight excluding hydrogens is 1020 g/mol. The van der Waals surface area contributed by atoms with Crippen LogP contribution in [-0.2, 0) is 28.6 Å². The van der Waals surface area contributed by atoms with Crippen LogP contribution in [0.1, 0.15) is 432 Å². The van der Waals surface area contributed by atoms with Crippen LogP contribution in [0.25, 0.3) is 0 Å². The molecule has 0 aromatic rings. The molecule has 83 heavy (non-hydrogen) atoms. The van der Waals surface area contributed by atoms with E-state index in [0.29, 0.717) is 19.3 Å². The molecule has 0 aliphatic carbocycles. The van der Waals surface area contributed by atoms with Crippen LogP contribution < -0.4 is 0 Å². The highest BCUT2D eigenvalue weighted by atomic mass is 16.6. The number of rotatable bonds is 71. The molecule has 0 spiro atoms. The fourth-order valence-corrected chi connectivity index (χ4v) is 11.8. The van der Waals surface area contributed by atoms with Gasteiger partial charge in [0.25, 0.3) is 0 Å². The van der Waals surface area contributed by atoms with Crippen molar-refractivity contribution in [3.63, 3.8) is 0 Å². The van der Waals surface area contributed by atoms with E-state index in [0.717, 1.165) is 64.2 Å². The predicted molar refractivity (Wildman–Crippen MR) is 363 cm³/mol. The lowest BCUT2D eigenvalue weighted by Gasteiger charge is -2.18. The highest BCUT2D eigenvalue weighted by molar-refractivity contribution is 5.71. The molecule has 1 unspecified atom stereocenters. The zero-order valence-electron chi connectivity index (χ0n) is 56.5. The Morgan fingerprint density at radius 1 is 0.241 bits per heavy atom. The minimum absolute atomic E-state index is 0.0624. The van der Waals surface area contributed by atoms with Gasteiger partial charge in [0.05, 0.1) is 0 Å². The molecule has 0 aliphatic heterocycles. The van der Waals surface area contributed by atoms with E-state index in [4.69, 9.17) is 14.2 Å². The molecule has 0 saturated carbocycles. The summed E-state index contributed by atoms with van der Waals surface area (Å²) in [7, 11) is 0. The van der Waals surface area contributed by atoms with Crippen LogP contribution >= 0.6 is 0 Å². The van der Waals surface area contributed by atoms with Crippen molar-refractivity contribution < 1.29 is 28.6 Å². The number of carbonyl (C=O) groups excluding carboxylic acids is 3. The van der Waals surface area contributed by atoms with E-state index in [1.54, 1.807) is 0 Å². The van der Waals surface area contributed by atoms with Gasteiger partial charge in [-0.25, -0.2) is 0 Å². The van der Waals surface area contributed by atoms with E-state index < -0.39 is 6.10 Å². The first kappa shape index (κ1) is 80.9. The summed E-state index contributed by atoms with van der Waals surface area (Å²) in [4.78, 5) is 38.5. The molecule has 0 N–H and O–H groups in total. The van der Waals surface area contributed by atoms with Gasteiger partial charge in [-0.2, -0.15) is 0 Å². The topological polar surface area (TPSA) is 78.9 Å². The molecule has 0 aromatic carbocycles. The van der Waals surface area contributed by atoms with E-state index in [-0.39, 0.29) is 31.1 Å². The summed E-state index contributed by atoms with van der Waals surface area (Å²) in [5.41, 5.74) is 0. The Kier molecular flexibility index (Phi) is 70.5. The Labute approximate surface area is 519 Å². The Morgan fingerprint density at radius 3 is 0.663 bits per heavy atom. The molecular formula is C77H146O6. The molecule has 0 fully saturated rings. The second kappa shape index (κ2) is 72.4. The van der Waals surface area contributed by atoms with Crippen molar-refractivity contribution in [2.24, 2.45) is 0 Å². The molecule has 0 bridgehead atoms. The first-order valence-electron chi connectivity index (χ1n) is 37.8. The third-order valence-electron chi connectivity index (χ3n) is 17.5. The third kappa shape index (κ3) is 70.5. The third-order valence-corrected chi connectivity index (χ3v) is 17.5. The standard InChI is InChI=1S/C77H146O6/c1-4-7-10-13-16-19-22-25-27-29-31-32-33-34-35-36-37-38-39-40-41-42-43-44-46-47-49-52-55-58-61-64-67-70-76(79)82-73-74(72-81-75(78)69-66-63-60-57-54-51-24-21-18-15-12-9-6-3)83-77(80)71-68-65-62-59-56-53-50-48-45-30-28-26-23-20-17-14-11-8-5-2/h22,25,29,31,74H,4-21,23-24,26-28,30,32-73H2,1-3H3/b25-22-,31-29-. The summed E-state index contributed by atoms with van der Waals surface area (Å²) in [6.45, 7) is 6.72. The van der Waals surface area contributed by atoms with Crippen LogP contribution in [0, 0.1) is 0 Å². The molecule has 0 rings (SSSR count). The van der Waals surface area contributed by atoms with Crippen LogP contribution in [0.2, 0.25) is 0 Å². The molecule has 490 valence electrons. The average molecular weight is 1170 g/mol. The van der Waals surface area contributed by atoms with Gasteiger partial charge in [0.2, 0.25) is 0 Å². The van der Waals surface area contributed by atoms with Gasteiger partial charge in [0, 0.05) is 19.3 Å². The summed E-state index contributed by atoms with van der Waals surface area (Å²) in [6, 6.07) is 0. The summed E-state index contributed by atoms with van der Waals surface area (Å²) >= 11 is 0. The fourth-order valence-electron chi connectivity index (χ4n) is 11.8. The van der Waals surface area contributed by atoms with Gasteiger partial charge in [0.15, 0.2) is 6.10 Å². The first-order chi connectivity index (χ1) is 41.0. The van der Waals surface area contributed by atoms with Gasteiger partial charge < -0.3 is 14.2 Å². The van der Waals surface area contributed by atoms with Gasteiger partial charge in [0.1, 0.15) is 13.2 Å². The molecule has 0 amide bonds. The molecule has 0 aliphatic rings. The van der Waals surface area contributed by atoms with Crippen molar-refractivity contribution >= 4 is 17.9 Å². The van der Waals surface area contributed by atoms with Crippen molar-refractivity contribution in [3.8, 4) is 0 Å². The second-order valence-corrected chi connectivity index (χ2v) is 25.9. The van der Waals surface area contributed by atoms with Crippen molar-refractivity contribution in [2.45, 2.75) is 438 Å². The quantitative estimate of drug-likeness (QED) is 0.0261. The number of hydrogen-bond acceptors (Lipinski definition) is 6. The number of hydrogen-bond donors (Lipinski definition) is 0. The summed E-state index contributed by atoms with van der Waals surface area (Å²) in [5.74, 6) is -0.824. The molecule has 0 radical (unpaired) electrons. The van der Waals surface area contributed by atoms with E-state index in [1.807, 2.05) is 0 Å². The van der Waals surface area contributed by atoms with E-state index in [9.17, 15) is 14.4 Å². The van der Waals surface area contributed by atoms with Crippen molar-refractivity contribution in [1.82, 2.24) is 0 Å². The maximum Gasteiger partial charge on any atom is 0.306 e. The van der Waals surface area contributed by atoms with E-state index in [1.165, 1.54) is 327 Å². The number of esters is 3. The highest BCUT2D eigenvalue weighted by Gasteiger charge is 2.20. The average Bonchev–Trinajstić information content (AvgIpc) is 3.49. The molecule has 6 heteroatoms. The van der Waals surface area contributed by atoms with Gasteiger partial charge in [-0.3, -0.25) is 14.4 Å². The Balaban J connectivity index is 4.10. The number of unbranched alkanes of at least 4 members (excludes halogenated alkanes) is 56. The molecule has 1 atom stereocenters. The van der Waals surface area contributed by atoms with Gasteiger partial charge in [-0.1, -0.05) is 385 Å². The van der Waals surface area contributed by atoms with Crippen molar-refractivity contribution in [3.05, 3.63) is 24.3 Å². The molecule has 6 nitrogen and oxygen atoms in total. The lowest BCUT2D eigenvalue weighted by molar-refractivity contribution is -0.167. The van der Waals surface area contributed by atoms with Crippen LogP contribution in [0.15, 0.2) is 24.3 Å². The Morgan fingerprint density at radius 2 is 0.434 bits per heavy atom. The first-order valence-corrected chi connectivity index (χ1v) is 37.8. The SMILES string of the molecule is CCCCCCC/C=C\C/C=C\CCCCCCCCCCCCCCCCCCCCCCCC(=O)OCC(COC(=O)CCCCCCCCCCCCCCC)OC(=O)CCCCCCCCCCCCCCCCCCCCC. The number of carbonyl (C=O) groups is 3. The molecule has 0 saturated heterocycles. The highest BCUT2D eigenvalue weighted by Crippen LogP contribution is 2.19. The zero-order chi connectivity index (χ0) is 59.9. The monoisotopic (exact) mass is 1170 g/mol. The Hall–Kier alpha value is -2.11. The maximum absolute atomic E-state index is 13.0. The van der Waals surface area contributed by atoms with Gasteiger partial charge in [-0.05, 0) is 51.4 Å². The van der Waals surface area contributed by atoms with Gasteiger partial charge >= 0.3 is 17.9 Å². The smallest absolute Gasteiger partial charge is 0.306 e. The summed E-state index contributed by atoms with van der Waals surface area (Å²) < 4.78 is 17.0. The lowest BCUT2D eigenvalue weighted by atomic mass is 10.0. The number of ether oxygens (including phenoxy) is 3. The minimum atomic E-state index is -0.766. The predicted octanol–water partition coefficient (Wildman–Crippen LogP) is 26.1. The van der Waals surface area contributed by atoms with Crippen LogP contribution in [-0.4, -0.2) is 37.2 Å². The largest absolute Gasteiger partial charge is 0.462 e. The molecule has 0 heterocycles. The van der Waals surface area contributed by atoms with E-state index in [2.05, 4.69) is 45.1 Å². The normalized spacial score (nSPS) is 12.1. The fraction of sp³-hybridized carbons (Fsp3) is 0.909. The Bertz CT molecular complexity index is 1340.